The van der Waals surface area contributed by atoms with Crippen molar-refractivity contribution < 1.29 is 9.26 Å². The molecule has 2 heterocycles. The third kappa shape index (κ3) is 2.85. The third-order valence-corrected chi connectivity index (χ3v) is 3.83. The second-order valence-electron chi connectivity index (χ2n) is 4.31. The summed E-state index contributed by atoms with van der Waals surface area (Å²) in [4.78, 5) is 8.70. The Hall–Kier alpha value is -2.09. The lowest BCUT2D eigenvalue weighted by Crippen LogP contribution is -2.05. The first kappa shape index (κ1) is 13.9. The summed E-state index contributed by atoms with van der Waals surface area (Å²) >= 11 is 1.47. The van der Waals surface area contributed by atoms with E-state index in [-0.39, 0.29) is 6.10 Å². The average Bonchev–Trinajstić information content (AvgIpc) is 3.18. The highest BCUT2D eigenvalue weighted by molar-refractivity contribution is 7.09. The summed E-state index contributed by atoms with van der Waals surface area (Å²) < 4.78 is 10.8. The first-order valence-corrected chi connectivity index (χ1v) is 7.26. The van der Waals surface area contributed by atoms with Crippen molar-refractivity contribution in [3.05, 3.63) is 52.1 Å². The zero-order chi connectivity index (χ0) is 14.7. The van der Waals surface area contributed by atoms with E-state index in [1.807, 2.05) is 35.7 Å². The number of nitrogens with zero attached hydrogens (tertiary/aromatic N) is 3. The molecule has 1 unspecified atom stereocenters. The fraction of sp³-hybridized carbons (Fsp3) is 0.214. The number of benzene rings is 1. The van der Waals surface area contributed by atoms with Crippen LogP contribution >= 0.6 is 11.3 Å². The molecule has 7 heteroatoms. The van der Waals surface area contributed by atoms with Crippen molar-refractivity contribution in [2.24, 2.45) is 5.73 Å². The zero-order valence-electron chi connectivity index (χ0n) is 11.4. The number of hydrogen-bond donors (Lipinski definition) is 1. The molecule has 0 bridgehead atoms. The Morgan fingerprint density at radius 3 is 2.76 bits per heavy atom. The number of hydrogen-bond acceptors (Lipinski definition) is 7. The van der Waals surface area contributed by atoms with E-state index < -0.39 is 0 Å². The molecule has 21 heavy (non-hydrogen) atoms. The molecule has 3 aromatic rings. The van der Waals surface area contributed by atoms with Gasteiger partial charge in [-0.2, -0.15) is 4.98 Å². The van der Waals surface area contributed by atoms with Gasteiger partial charge in [-0.05, 0) is 5.56 Å². The molecule has 0 fully saturated rings. The lowest BCUT2D eigenvalue weighted by molar-refractivity contribution is 0.126. The maximum absolute atomic E-state index is 5.55. The minimum absolute atomic E-state index is 0.365. The van der Waals surface area contributed by atoms with Crippen molar-refractivity contribution >= 4 is 11.3 Å². The molecule has 3 rings (SSSR count). The molecule has 0 aliphatic rings. The van der Waals surface area contributed by atoms with Crippen LogP contribution in [0.4, 0.5) is 0 Å². The zero-order valence-corrected chi connectivity index (χ0v) is 12.2. The molecule has 2 N–H and O–H groups in total. The molecule has 0 radical (unpaired) electrons. The van der Waals surface area contributed by atoms with Gasteiger partial charge in [0.2, 0.25) is 5.82 Å². The quantitative estimate of drug-likeness (QED) is 0.778. The Labute approximate surface area is 125 Å². The fourth-order valence-electron chi connectivity index (χ4n) is 1.97. The Kier molecular flexibility index (Phi) is 4.05. The van der Waals surface area contributed by atoms with Crippen LogP contribution in [0.5, 0.6) is 0 Å². The van der Waals surface area contributed by atoms with Crippen LogP contribution in [0.3, 0.4) is 0 Å². The third-order valence-electron chi connectivity index (χ3n) is 2.96. The first-order chi connectivity index (χ1) is 10.3. The molecule has 108 valence electrons. The maximum atomic E-state index is 5.55. The number of aromatic nitrogens is 3. The smallest absolute Gasteiger partial charge is 0.277 e. The van der Waals surface area contributed by atoms with Crippen LogP contribution in [0.2, 0.25) is 0 Å². The van der Waals surface area contributed by atoms with Crippen LogP contribution in [-0.2, 0) is 11.3 Å². The minimum atomic E-state index is -0.365. The van der Waals surface area contributed by atoms with Gasteiger partial charge in [0, 0.05) is 19.0 Å². The van der Waals surface area contributed by atoms with Crippen LogP contribution in [0.25, 0.3) is 11.6 Å². The highest BCUT2D eigenvalue weighted by atomic mass is 32.1. The molecule has 0 spiro atoms. The Bertz CT molecular complexity index is 711. The van der Waals surface area contributed by atoms with E-state index >= 15 is 0 Å². The molecule has 2 aromatic heterocycles. The second-order valence-corrected chi connectivity index (χ2v) is 5.26. The summed E-state index contributed by atoms with van der Waals surface area (Å²) in [6.07, 6.45) is -0.365. The Balaban J connectivity index is 1.90. The summed E-state index contributed by atoms with van der Waals surface area (Å²) in [5.41, 5.74) is 7.16. The van der Waals surface area contributed by atoms with Gasteiger partial charge in [-0.25, -0.2) is 4.98 Å². The van der Waals surface area contributed by atoms with Gasteiger partial charge in [0.1, 0.15) is 16.8 Å². The average molecular weight is 302 g/mol. The minimum Gasteiger partial charge on any atom is -0.369 e. The number of nitrogens with two attached hydrogens (primary N) is 1. The highest BCUT2D eigenvalue weighted by Crippen LogP contribution is 2.26. The lowest BCUT2D eigenvalue weighted by atomic mass is 10.1. The molecule has 0 aliphatic carbocycles. The SMILES string of the molecule is COC(c1ccccc1)c1noc(-c2csc(CN)n2)n1. The molecule has 0 saturated carbocycles. The largest absolute Gasteiger partial charge is 0.369 e. The number of thiazole rings is 1. The van der Waals surface area contributed by atoms with Crippen LogP contribution in [-0.4, -0.2) is 22.2 Å². The van der Waals surface area contributed by atoms with Crippen molar-refractivity contribution in [2.75, 3.05) is 7.11 Å². The van der Waals surface area contributed by atoms with Crippen molar-refractivity contribution in [3.63, 3.8) is 0 Å². The van der Waals surface area contributed by atoms with Crippen molar-refractivity contribution in [3.8, 4) is 11.6 Å². The summed E-state index contributed by atoms with van der Waals surface area (Å²) in [5, 5.41) is 6.68. The van der Waals surface area contributed by atoms with E-state index in [0.717, 1.165) is 10.6 Å². The maximum Gasteiger partial charge on any atom is 0.277 e. The molecule has 6 nitrogen and oxygen atoms in total. The fourth-order valence-corrected chi connectivity index (χ4v) is 2.62. The van der Waals surface area contributed by atoms with E-state index in [9.17, 15) is 0 Å². The highest BCUT2D eigenvalue weighted by Gasteiger charge is 2.21. The topological polar surface area (TPSA) is 87.1 Å². The molecule has 1 atom stereocenters. The lowest BCUT2D eigenvalue weighted by Gasteiger charge is -2.10. The molecule has 0 aliphatic heterocycles. The number of ether oxygens (including phenoxy) is 1. The van der Waals surface area contributed by atoms with Gasteiger partial charge in [-0.3, -0.25) is 0 Å². The van der Waals surface area contributed by atoms with E-state index in [4.69, 9.17) is 15.0 Å². The van der Waals surface area contributed by atoms with E-state index in [0.29, 0.717) is 24.0 Å². The van der Waals surface area contributed by atoms with E-state index in [1.165, 1.54) is 11.3 Å². The second kappa shape index (κ2) is 6.13. The number of rotatable bonds is 5. The first-order valence-electron chi connectivity index (χ1n) is 6.38. The Morgan fingerprint density at radius 1 is 1.29 bits per heavy atom. The van der Waals surface area contributed by atoms with Gasteiger partial charge >= 0.3 is 0 Å². The summed E-state index contributed by atoms with van der Waals surface area (Å²) in [6, 6.07) is 9.74. The monoisotopic (exact) mass is 302 g/mol. The summed E-state index contributed by atoms with van der Waals surface area (Å²) in [5.74, 6) is 0.847. The van der Waals surface area contributed by atoms with Crippen molar-refractivity contribution in [1.29, 1.82) is 0 Å². The predicted octanol–water partition coefficient (Wildman–Crippen LogP) is 2.39. The van der Waals surface area contributed by atoms with Crippen molar-refractivity contribution in [1.82, 2.24) is 15.1 Å². The molecular weight excluding hydrogens is 288 g/mol. The van der Waals surface area contributed by atoms with Gasteiger partial charge in [-0.15, -0.1) is 11.3 Å². The van der Waals surface area contributed by atoms with E-state index in [2.05, 4.69) is 15.1 Å². The summed E-state index contributed by atoms with van der Waals surface area (Å²) in [6.45, 7) is 0.399. The van der Waals surface area contributed by atoms with Crippen LogP contribution < -0.4 is 5.73 Å². The normalized spacial score (nSPS) is 12.5. The molecule has 1 aromatic carbocycles. The van der Waals surface area contributed by atoms with Crippen LogP contribution in [0.15, 0.2) is 40.2 Å². The predicted molar refractivity (Wildman–Crippen MR) is 78.6 cm³/mol. The Morgan fingerprint density at radius 2 is 2.10 bits per heavy atom. The van der Waals surface area contributed by atoms with Crippen LogP contribution in [0.1, 0.15) is 22.5 Å². The van der Waals surface area contributed by atoms with Crippen molar-refractivity contribution in [2.45, 2.75) is 12.6 Å². The van der Waals surface area contributed by atoms with Crippen LogP contribution in [0, 0.1) is 0 Å². The van der Waals surface area contributed by atoms with Gasteiger partial charge in [0.05, 0.1) is 0 Å². The molecule has 0 amide bonds. The molecular formula is C14H14N4O2S. The van der Waals surface area contributed by atoms with Gasteiger partial charge in [0.15, 0.2) is 0 Å². The van der Waals surface area contributed by atoms with E-state index in [1.54, 1.807) is 7.11 Å². The molecule has 0 saturated heterocycles. The standard InChI is InChI=1S/C14H14N4O2S/c1-19-12(9-5-3-2-4-6-9)13-17-14(20-18-13)10-8-21-11(7-15)16-10/h2-6,8,12H,7,15H2,1H3. The summed E-state index contributed by atoms with van der Waals surface area (Å²) in [7, 11) is 1.61. The number of methoxy groups -OCH3 is 1. The van der Waals surface area contributed by atoms with Gasteiger partial charge in [-0.1, -0.05) is 35.5 Å². The van der Waals surface area contributed by atoms with Gasteiger partial charge in [0.25, 0.3) is 5.89 Å². The van der Waals surface area contributed by atoms with Gasteiger partial charge < -0.3 is 15.0 Å².